The molecule has 0 fully saturated rings. The van der Waals surface area contributed by atoms with Gasteiger partial charge in [-0.15, -0.1) is 0 Å². The highest BCUT2D eigenvalue weighted by molar-refractivity contribution is 6.19. The summed E-state index contributed by atoms with van der Waals surface area (Å²) in [6, 6.07) is 89.2. The molecule has 0 spiro atoms. The van der Waals surface area contributed by atoms with Crippen LogP contribution >= 0.6 is 0 Å². The minimum absolute atomic E-state index is 1.09. The van der Waals surface area contributed by atoms with E-state index in [-0.39, 0.29) is 0 Å². The van der Waals surface area contributed by atoms with Crippen molar-refractivity contribution in [2.24, 2.45) is 0 Å². The van der Waals surface area contributed by atoms with Crippen molar-refractivity contribution in [1.29, 1.82) is 0 Å². The van der Waals surface area contributed by atoms with E-state index < -0.39 is 0 Å². The zero-order valence-corrected chi connectivity index (χ0v) is 35.0. The summed E-state index contributed by atoms with van der Waals surface area (Å²) in [7, 11) is 0. The Morgan fingerprint density at radius 1 is 0.281 bits per heavy atom. The average molecular weight is 813 g/mol. The molecule has 0 radical (unpaired) electrons. The maximum absolute atomic E-state index is 2.46. The molecular weight excluding hydrogens is 773 g/mol. The summed E-state index contributed by atoms with van der Waals surface area (Å²) in [5, 5.41) is 14.9. The van der Waals surface area contributed by atoms with E-state index in [9.17, 15) is 0 Å². The standard InChI is InChI=1S/C62H40N2/c1-2-21-47(22-3-1)64-59-31-15-30-52(62(59)58-37-42-16-4-5-17-43(42)39-61(58)64)44-20-14-23-49(36-44)63(60-40-46-19-7-9-25-51(46)54-27-12-13-29-56(54)60)48-34-32-41(33-35-48)57-38-45-18-6-8-24-50(45)53-26-10-11-28-55(53)57/h1-40H. The highest BCUT2D eigenvalue weighted by Gasteiger charge is 2.21. The lowest BCUT2D eigenvalue weighted by Crippen LogP contribution is -2.11. The monoisotopic (exact) mass is 812 g/mol. The molecule has 0 saturated carbocycles. The normalized spacial score (nSPS) is 11.8. The molecule has 12 aromatic carbocycles. The van der Waals surface area contributed by atoms with Crippen LogP contribution in [-0.4, -0.2) is 4.57 Å². The summed E-state index contributed by atoms with van der Waals surface area (Å²) < 4.78 is 2.43. The molecule has 64 heavy (non-hydrogen) atoms. The van der Waals surface area contributed by atoms with Crippen LogP contribution in [0.25, 0.3) is 104 Å². The van der Waals surface area contributed by atoms with Gasteiger partial charge >= 0.3 is 0 Å². The van der Waals surface area contributed by atoms with E-state index in [1.165, 1.54) is 92.4 Å². The fourth-order valence-electron chi connectivity index (χ4n) is 10.4. The maximum Gasteiger partial charge on any atom is 0.0547 e. The number of aromatic nitrogens is 1. The first-order valence-corrected chi connectivity index (χ1v) is 22.1. The van der Waals surface area contributed by atoms with Gasteiger partial charge in [0, 0.05) is 33.2 Å². The smallest absolute Gasteiger partial charge is 0.0547 e. The molecule has 2 heteroatoms. The van der Waals surface area contributed by atoms with Gasteiger partial charge in [0.15, 0.2) is 0 Å². The van der Waals surface area contributed by atoms with Gasteiger partial charge in [-0.3, -0.25) is 0 Å². The van der Waals surface area contributed by atoms with Crippen LogP contribution in [0.15, 0.2) is 243 Å². The van der Waals surface area contributed by atoms with Gasteiger partial charge in [-0.1, -0.05) is 176 Å². The van der Waals surface area contributed by atoms with Gasteiger partial charge in [-0.25, -0.2) is 0 Å². The highest BCUT2D eigenvalue weighted by atomic mass is 15.1. The van der Waals surface area contributed by atoms with E-state index in [1.807, 2.05) is 0 Å². The second kappa shape index (κ2) is 14.6. The molecule has 13 rings (SSSR count). The topological polar surface area (TPSA) is 8.17 Å². The Morgan fingerprint density at radius 2 is 0.859 bits per heavy atom. The molecule has 0 atom stereocenters. The summed E-state index contributed by atoms with van der Waals surface area (Å²) in [4.78, 5) is 2.46. The summed E-state index contributed by atoms with van der Waals surface area (Å²) in [5.74, 6) is 0. The van der Waals surface area contributed by atoms with E-state index in [4.69, 9.17) is 0 Å². The number of rotatable bonds is 6. The molecule has 13 aromatic rings. The van der Waals surface area contributed by atoms with Gasteiger partial charge in [0.1, 0.15) is 0 Å². The quantitative estimate of drug-likeness (QED) is 0.152. The minimum Gasteiger partial charge on any atom is -0.310 e. The molecule has 0 bridgehead atoms. The number of anilines is 3. The summed E-state index contributed by atoms with van der Waals surface area (Å²) in [6.07, 6.45) is 0. The molecule has 298 valence electrons. The molecule has 0 N–H and O–H groups in total. The molecule has 0 unspecified atom stereocenters. The van der Waals surface area contributed by atoms with Gasteiger partial charge in [-0.05, 0) is 137 Å². The number of benzene rings is 12. The van der Waals surface area contributed by atoms with E-state index in [2.05, 4.69) is 252 Å². The Labute approximate surface area is 371 Å². The first-order valence-electron chi connectivity index (χ1n) is 22.1. The second-order valence-corrected chi connectivity index (χ2v) is 16.9. The molecule has 0 amide bonds. The molecule has 0 saturated heterocycles. The number of nitrogens with zero attached hydrogens (tertiary/aromatic N) is 2. The zero-order chi connectivity index (χ0) is 42.1. The first kappa shape index (κ1) is 36.2. The Morgan fingerprint density at radius 3 is 1.59 bits per heavy atom. The van der Waals surface area contributed by atoms with Crippen LogP contribution in [-0.2, 0) is 0 Å². The summed E-state index contributed by atoms with van der Waals surface area (Å²) in [5.41, 5.74) is 11.7. The second-order valence-electron chi connectivity index (χ2n) is 16.9. The predicted molar refractivity (Wildman–Crippen MR) is 274 cm³/mol. The van der Waals surface area contributed by atoms with Crippen molar-refractivity contribution in [3.05, 3.63) is 243 Å². The Bertz CT molecular complexity index is 3950. The van der Waals surface area contributed by atoms with Gasteiger partial charge in [-0.2, -0.15) is 0 Å². The number of fused-ring (bicyclic) bond motifs is 10. The lowest BCUT2D eigenvalue weighted by atomic mass is 9.93. The van der Waals surface area contributed by atoms with Crippen molar-refractivity contribution in [2.75, 3.05) is 4.90 Å². The molecule has 1 heterocycles. The van der Waals surface area contributed by atoms with E-state index in [0.29, 0.717) is 0 Å². The Hall–Kier alpha value is -8.46. The molecule has 0 aliphatic rings. The fourth-order valence-corrected chi connectivity index (χ4v) is 10.4. The van der Waals surface area contributed by atoms with E-state index >= 15 is 0 Å². The third kappa shape index (κ3) is 5.73. The molecular formula is C62H40N2. The Balaban J connectivity index is 1.03. The van der Waals surface area contributed by atoms with Gasteiger partial charge in [0.05, 0.1) is 16.7 Å². The lowest BCUT2D eigenvalue weighted by molar-refractivity contribution is 1.18. The van der Waals surface area contributed by atoms with Gasteiger partial charge in [0.25, 0.3) is 0 Å². The van der Waals surface area contributed by atoms with Crippen molar-refractivity contribution < 1.29 is 0 Å². The SMILES string of the molecule is c1ccc(-n2c3cc4ccccc4cc3c3c(-c4cccc(N(c5ccc(-c6cc7ccccc7c7ccccc67)cc5)c5cc6ccccc6c6ccccc56)c4)cccc32)cc1. The van der Waals surface area contributed by atoms with Gasteiger partial charge < -0.3 is 9.47 Å². The molecule has 0 aliphatic heterocycles. The van der Waals surface area contributed by atoms with Crippen LogP contribution < -0.4 is 4.90 Å². The van der Waals surface area contributed by atoms with Crippen molar-refractivity contribution in [3.63, 3.8) is 0 Å². The number of hydrogen-bond acceptors (Lipinski definition) is 1. The largest absolute Gasteiger partial charge is 0.310 e. The van der Waals surface area contributed by atoms with E-state index in [1.54, 1.807) is 0 Å². The maximum atomic E-state index is 2.46. The fraction of sp³-hybridized carbons (Fsp3) is 0. The number of hydrogen-bond donors (Lipinski definition) is 0. The predicted octanol–water partition coefficient (Wildman–Crippen LogP) is 17.4. The lowest BCUT2D eigenvalue weighted by Gasteiger charge is -2.28. The van der Waals surface area contributed by atoms with Gasteiger partial charge in [0.2, 0.25) is 0 Å². The van der Waals surface area contributed by atoms with Crippen LogP contribution in [0, 0.1) is 0 Å². The molecule has 1 aromatic heterocycles. The number of para-hydroxylation sites is 1. The van der Waals surface area contributed by atoms with Crippen molar-refractivity contribution in [2.45, 2.75) is 0 Å². The van der Waals surface area contributed by atoms with Crippen molar-refractivity contribution in [3.8, 4) is 27.9 Å². The first-order chi connectivity index (χ1) is 31.7. The van der Waals surface area contributed by atoms with Crippen LogP contribution in [0.5, 0.6) is 0 Å². The van der Waals surface area contributed by atoms with Crippen LogP contribution in [0.1, 0.15) is 0 Å². The van der Waals surface area contributed by atoms with Crippen LogP contribution in [0.4, 0.5) is 17.1 Å². The summed E-state index contributed by atoms with van der Waals surface area (Å²) in [6.45, 7) is 0. The van der Waals surface area contributed by atoms with Crippen LogP contribution in [0.2, 0.25) is 0 Å². The van der Waals surface area contributed by atoms with Crippen LogP contribution in [0.3, 0.4) is 0 Å². The highest BCUT2D eigenvalue weighted by Crippen LogP contribution is 2.46. The molecule has 2 nitrogen and oxygen atoms in total. The van der Waals surface area contributed by atoms with Crippen molar-refractivity contribution >= 4 is 92.7 Å². The van der Waals surface area contributed by atoms with E-state index in [0.717, 1.165) is 28.3 Å². The third-order valence-electron chi connectivity index (χ3n) is 13.3. The zero-order valence-electron chi connectivity index (χ0n) is 35.0. The minimum atomic E-state index is 1.09. The molecule has 0 aliphatic carbocycles. The Kier molecular flexibility index (Phi) is 8.25. The summed E-state index contributed by atoms with van der Waals surface area (Å²) >= 11 is 0. The van der Waals surface area contributed by atoms with Crippen molar-refractivity contribution in [1.82, 2.24) is 4.57 Å². The third-order valence-corrected chi connectivity index (χ3v) is 13.3. The average Bonchev–Trinajstić information content (AvgIpc) is 3.69.